The summed E-state index contributed by atoms with van der Waals surface area (Å²) in [5, 5.41) is 3.37. The highest BCUT2D eigenvalue weighted by Gasteiger charge is 2.22. The van der Waals surface area contributed by atoms with Crippen molar-refractivity contribution in [3.63, 3.8) is 0 Å². The standard InChI is InChI=1S/C16H25FN2O.ClH/c1-3-4-5-15(19-10-8-18-9-11-19)13-6-7-16(20-2)14(17)12-13;/h6-7,12,15,18H,3-5,8-11H2,1-2H3;1H/t15-;/m0./s1. The number of hydrogen-bond acceptors (Lipinski definition) is 3. The second-order valence-corrected chi connectivity index (χ2v) is 5.34. The van der Waals surface area contributed by atoms with E-state index in [1.165, 1.54) is 20.0 Å². The molecule has 21 heavy (non-hydrogen) atoms. The van der Waals surface area contributed by atoms with Gasteiger partial charge in [-0.1, -0.05) is 25.8 Å². The highest BCUT2D eigenvalue weighted by molar-refractivity contribution is 5.85. The maximum absolute atomic E-state index is 13.9. The van der Waals surface area contributed by atoms with E-state index in [4.69, 9.17) is 4.74 Å². The van der Waals surface area contributed by atoms with E-state index in [9.17, 15) is 4.39 Å². The summed E-state index contributed by atoms with van der Waals surface area (Å²) in [5.74, 6) is 0.0601. The zero-order chi connectivity index (χ0) is 14.4. The molecule has 3 nitrogen and oxygen atoms in total. The number of hydrogen-bond donors (Lipinski definition) is 1. The molecule has 0 unspecified atom stereocenters. The Hall–Kier alpha value is -0.840. The van der Waals surface area contributed by atoms with E-state index in [0.717, 1.165) is 38.2 Å². The third kappa shape index (κ3) is 4.83. The predicted octanol–water partition coefficient (Wildman–Crippen LogP) is 3.39. The van der Waals surface area contributed by atoms with Gasteiger partial charge in [0, 0.05) is 32.2 Å². The average Bonchev–Trinajstić information content (AvgIpc) is 2.49. The Morgan fingerprint density at radius 1 is 1.33 bits per heavy atom. The lowest BCUT2D eigenvalue weighted by atomic mass is 9.98. The molecule has 1 aromatic rings. The lowest BCUT2D eigenvalue weighted by molar-refractivity contribution is 0.163. The second-order valence-electron chi connectivity index (χ2n) is 5.34. The molecule has 0 bridgehead atoms. The Balaban J connectivity index is 0.00000220. The molecule has 5 heteroatoms. The van der Waals surface area contributed by atoms with Crippen molar-refractivity contribution in [2.45, 2.75) is 32.2 Å². The monoisotopic (exact) mass is 316 g/mol. The number of rotatable bonds is 6. The first-order valence-electron chi connectivity index (χ1n) is 7.54. The van der Waals surface area contributed by atoms with Gasteiger partial charge in [0.2, 0.25) is 0 Å². The molecule has 1 N–H and O–H groups in total. The Morgan fingerprint density at radius 2 is 2.05 bits per heavy atom. The minimum Gasteiger partial charge on any atom is -0.494 e. The first-order valence-corrected chi connectivity index (χ1v) is 7.54. The van der Waals surface area contributed by atoms with Gasteiger partial charge in [0.05, 0.1) is 7.11 Å². The topological polar surface area (TPSA) is 24.5 Å². The summed E-state index contributed by atoms with van der Waals surface area (Å²) in [6.07, 6.45) is 3.42. The molecule has 0 spiro atoms. The van der Waals surface area contributed by atoms with E-state index in [-0.39, 0.29) is 18.2 Å². The van der Waals surface area contributed by atoms with Crippen molar-refractivity contribution in [1.29, 1.82) is 0 Å². The van der Waals surface area contributed by atoms with Gasteiger partial charge < -0.3 is 10.1 Å². The highest BCUT2D eigenvalue weighted by Crippen LogP contribution is 2.29. The number of nitrogens with zero attached hydrogens (tertiary/aromatic N) is 1. The van der Waals surface area contributed by atoms with Gasteiger partial charge in [-0.05, 0) is 24.1 Å². The molecule has 0 aromatic heterocycles. The smallest absolute Gasteiger partial charge is 0.165 e. The van der Waals surface area contributed by atoms with Crippen LogP contribution >= 0.6 is 12.4 Å². The van der Waals surface area contributed by atoms with E-state index in [2.05, 4.69) is 17.1 Å². The van der Waals surface area contributed by atoms with E-state index in [1.54, 1.807) is 12.1 Å². The summed E-state index contributed by atoms with van der Waals surface area (Å²) in [4.78, 5) is 2.47. The normalized spacial score (nSPS) is 17.1. The van der Waals surface area contributed by atoms with Gasteiger partial charge in [0.1, 0.15) is 0 Å². The van der Waals surface area contributed by atoms with Crippen molar-refractivity contribution in [1.82, 2.24) is 10.2 Å². The minimum absolute atomic E-state index is 0. The molecule has 1 aliphatic rings. The average molecular weight is 317 g/mol. The molecule has 0 amide bonds. The zero-order valence-electron chi connectivity index (χ0n) is 12.9. The molecule has 1 aromatic carbocycles. The molecule has 2 rings (SSSR count). The largest absolute Gasteiger partial charge is 0.494 e. The summed E-state index contributed by atoms with van der Waals surface area (Å²) in [5.41, 5.74) is 1.07. The molecule has 0 saturated carbocycles. The Bertz CT molecular complexity index is 425. The molecule has 1 atom stereocenters. The molecule has 1 heterocycles. The van der Waals surface area contributed by atoms with Crippen molar-refractivity contribution < 1.29 is 9.13 Å². The summed E-state index contributed by atoms with van der Waals surface area (Å²) in [6.45, 7) is 6.29. The van der Waals surface area contributed by atoms with Gasteiger partial charge in [0.15, 0.2) is 11.6 Å². The van der Waals surface area contributed by atoms with Gasteiger partial charge in [0.25, 0.3) is 0 Å². The third-order valence-corrected chi connectivity index (χ3v) is 3.98. The zero-order valence-corrected chi connectivity index (χ0v) is 13.7. The minimum atomic E-state index is -0.262. The van der Waals surface area contributed by atoms with Crippen LogP contribution in [0.1, 0.15) is 37.8 Å². The van der Waals surface area contributed by atoms with Crippen LogP contribution < -0.4 is 10.1 Å². The first kappa shape index (κ1) is 18.2. The number of ether oxygens (including phenoxy) is 1. The Labute approximate surface area is 133 Å². The van der Waals surface area contributed by atoms with Gasteiger partial charge in [-0.2, -0.15) is 0 Å². The van der Waals surface area contributed by atoms with Crippen LogP contribution in [0.25, 0.3) is 0 Å². The van der Waals surface area contributed by atoms with Crippen LogP contribution in [0.4, 0.5) is 4.39 Å². The lowest BCUT2D eigenvalue weighted by Gasteiger charge is -2.35. The molecule has 0 radical (unpaired) electrons. The molecule has 1 saturated heterocycles. The SMILES string of the molecule is CCCC[C@@H](c1ccc(OC)c(F)c1)N1CCNCC1.Cl. The van der Waals surface area contributed by atoms with Crippen LogP contribution in [0.5, 0.6) is 5.75 Å². The molecule has 0 aliphatic carbocycles. The second kappa shape index (κ2) is 9.23. The third-order valence-electron chi connectivity index (χ3n) is 3.98. The predicted molar refractivity (Wildman–Crippen MR) is 86.9 cm³/mol. The Morgan fingerprint density at radius 3 is 2.62 bits per heavy atom. The van der Waals surface area contributed by atoms with Crippen LogP contribution in [0.15, 0.2) is 18.2 Å². The number of unbranched alkanes of at least 4 members (excludes halogenated alkanes) is 1. The quantitative estimate of drug-likeness (QED) is 0.870. The summed E-state index contributed by atoms with van der Waals surface area (Å²) in [6, 6.07) is 5.70. The van der Waals surface area contributed by atoms with E-state index >= 15 is 0 Å². The van der Waals surface area contributed by atoms with Gasteiger partial charge in [-0.15, -0.1) is 12.4 Å². The molecule has 120 valence electrons. The molecule has 1 fully saturated rings. The lowest BCUT2D eigenvalue weighted by Crippen LogP contribution is -2.45. The van der Waals surface area contributed by atoms with E-state index in [0.29, 0.717) is 11.8 Å². The van der Waals surface area contributed by atoms with Crippen molar-refractivity contribution in [2.75, 3.05) is 33.3 Å². The summed E-state index contributed by atoms with van der Waals surface area (Å²) < 4.78 is 19.0. The van der Waals surface area contributed by atoms with Crippen molar-refractivity contribution in [2.24, 2.45) is 0 Å². The number of benzene rings is 1. The highest BCUT2D eigenvalue weighted by atomic mass is 35.5. The van der Waals surface area contributed by atoms with Crippen LogP contribution in [0, 0.1) is 5.82 Å². The van der Waals surface area contributed by atoms with Gasteiger partial charge in [-0.3, -0.25) is 4.90 Å². The molecular formula is C16H26ClFN2O. The molecular weight excluding hydrogens is 291 g/mol. The summed E-state index contributed by atoms with van der Waals surface area (Å²) >= 11 is 0. The Kier molecular flexibility index (Phi) is 8.01. The fourth-order valence-corrected chi connectivity index (χ4v) is 2.84. The number of piperazine rings is 1. The van der Waals surface area contributed by atoms with E-state index in [1.807, 2.05) is 6.07 Å². The number of nitrogens with one attached hydrogen (secondary N) is 1. The van der Waals surface area contributed by atoms with Crippen LogP contribution in [-0.4, -0.2) is 38.2 Å². The van der Waals surface area contributed by atoms with Gasteiger partial charge in [-0.25, -0.2) is 4.39 Å². The fraction of sp³-hybridized carbons (Fsp3) is 0.625. The van der Waals surface area contributed by atoms with Crippen molar-refractivity contribution >= 4 is 12.4 Å². The van der Waals surface area contributed by atoms with Crippen LogP contribution in [0.2, 0.25) is 0 Å². The van der Waals surface area contributed by atoms with Crippen molar-refractivity contribution in [3.8, 4) is 5.75 Å². The number of halogens is 2. The maximum Gasteiger partial charge on any atom is 0.165 e. The maximum atomic E-state index is 13.9. The summed E-state index contributed by atoms with van der Waals surface area (Å²) in [7, 11) is 1.50. The van der Waals surface area contributed by atoms with Gasteiger partial charge >= 0.3 is 0 Å². The number of methoxy groups -OCH3 is 1. The first-order chi connectivity index (χ1) is 9.76. The van der Waals surface area contributed by atoms with E-state index < -0.39 is 0 Å². The van der Waals surface area contributed by atoms with Crippen LogP contribution in [-0.2, 0) is 0 Å². The van der Waals surface area contributed by atoms with Crippen LogP contribution in [0.3, 0.4) is 0 Å². The molecule has 1 aliphatic heterocycles. The fourth-order valence-electron chi connectivity index (χ4n) is 2.84. The van der Waals surface area contributed by atoms with Crippen molar-refractivity contribution in [3.05, 3.63) is 29.6 Å².